The number of hydrogen-bond donors (Lipinski definition) is 1. The van der Waals surface area contributed by atoms with Crippen molar-refractivity contribution in [3.63, 3.8) is 0 Å². The van der Waals surface area contributed by atoms with E-state index in [9.17, 15) is 4.79 Å². The molecule has 1 aliphatic heterocycles. The van der Waals surface area contributed by atoms with E-state index in [2.05, 4.69) is 39.0 Å². The average Bonchev–Trinajstić information content (AvgIpc) is 3.11. The minimum absolute atomic E-state index is 0.116. The molecule has 0 spiro atoms. The van der Waals surface area contributed by atoms with Crippen LogP contribution in [0.4, 0.5) is 0 Å². The van der Waals surface area contributed by atoms with Crippen LogP contribution in [0.25, 0.3) is 0 Å². The molecule has 4 nitrogen and oxygen atoms in total. The lowest BCUT2D eigenvalue weighted by Gasteiger charge is -2.38. The number of likely N-dealkylation sites (N-methyl/N-ethyl adjacent to an activating group) is 1. The van der Waals surface area contributed by atoms with Crippen LogP contribution in [0, 0.1) is 0 Å². The highest BCUT2D eigenvalue weighted by Crippen LogP contribution is 2.24. The summed E-state index contributed by atoms with van der Waals surface area (Å²) in [5.41, 5.74) is 1.80. The number of nitrogens with zero attached hydrogens (tertiary/aromatic N) is 2. The number of halogens is 1. The minimum atomic E-state index is -0.116. The van der Waals surface area contributed by atoms with Gasteiger partial charge in [0.2, 0.25) is 0 Å². The summed E-state index contributed by atoms with van der Waals surface area (Å²) in [7, 11) is 2.15. The Morgan fingerprint density at radius 2 is 2.00 bits per heavy atom. The molecule has 1 amide bonds. The highest BCUT2D eigenvalue weighted by molar-refractivity contribution is 7.07. The molecule has 1 N–H and O–H groups in total. The van der Waals surface area contributed by atoms with E-state index in [1.807, 2.05) is 12.1 Å². The second kappa shape index (κ2) is 8.12. The van der Waals surface area contributed by atoms with Crippen molar-refractivity contribution in [1.29, 1.82) is 0 Å². The monoisotopic (exact) mass is 363 g/mol. The maximum absolute atomic E-state index is 12.5. The Morgan fingerprint density at radius 3 is 2.67 bits per heavy atom. The summed E-state index contributed by atoms with van der Waals surface area (Å²) in [4.78, 5) is 17.2. The molecule has 0 aliphatic carbocycles. The van der Waals surface area contributed by atoms with Crippen LogP contribution in [0.15, 0.2) is 41.1 Å². The molecule has 2 aromatic rings. The molecule has 1 fully saturated rings. The van der Waals surface area contributed by atoms with E-state index in [1.165, 1.54) is 5.56 Å². The van der Waals surface area contributed by atoms with Gasteiger partial charge < -0.3 is 10.2 Å². The van der Waals surface area contributed by atoms with Crippen molar-refractivity contribution in [2.75, 3.05) is 39.8 Å². The lowest BCUT2D eigenvalue weighted by Crippen LogP contribution is -2.48. The quantitative estimate of drug-likeness (QED) is 0.886. The first kappa shape index (κ1) is 17.4. The SMILES string of the molecule is CN1CCN(C(CNC(=O)c2ccccc2Cl)c2ccsc2)CC1. The molecular formula is C18H22ClN3OS. The van der Waals surface area contributed by atoms with Crippen LogP contribution in [0.5, 0.6) is 0 Å². The molecule has 1 atom stereocenters. The number of hydrogen-bond acceptors (Lipinski definition) is 4. The topological polar surface area (TPSA) is 35.6 Å². The normalized spacial score (nSPS) is 17.6. The Balaban J connectivity index is 1.68. The molecule has 0 saturated carbocycles. The summed E-state index contributed by atoms with van der Waals surface area (Å²) < 4.78 is 0. The minimum Gasteiger partial charge on any atom is -0.350 e. The summed E-state index contributed by atoms with van der Waals surface area (Å²) >= 11 is 7.82. The van der Waals surface area contributed by atoms with Gasteiger partial charge in [0.15, 0.2) is 0 Å². The first-order valence-corrected chi connectivity index (χ1v) is 9.44. The molecule has 3 rings (SSSR count). The van der Waals surface area contributed by atoms with E-state index in [0.29, 0.717) is 17.1 Å². The van der Waals surface area contributed by atoms with E-state index < -0.39 is 0 Å². The molecule has 24 heavy (non-hydrogen) atoms. The molecule has 1 aliphatic rings. The third kappa shape index (κ3) is 4.16. The molecule has 1 unspecified atom stereocenters. The molecule has 128 valence electrons. The van der Waals surface area contributed by atoms with Crippen molar-refractivity contribution in [3.05, 3.63) is 57.2 Å². The highest BCUT2D eigenvalue weighted by Gasteiger charge is 2.25. The van der Waals surface area contributed by atoms with Crippen molar-refractivity contribution in [1.82, 2.24) is 15.1 Å². The van der Waals surface area contributed by atoms with Gasteiger partial charge in [-0.1, -0.05) is 23.7 Å². The van der Waals surface area contributed by atoms with Gasteiger partial charge in [0.25, 0.3) is 5.91 Å². The van der Waals surface area contributed by atoms with Gasteiger partial charge in [-0.25, -0.2) is 0 Å². The summed E-state index contributed by atoms with van der Waals surface area (Å²) in [5.74, 6) is -0.116. The van der Waals surface area contributed by atoms with Crippen molar-refractivity contribution >= 4 is 28.8 Å². The van der Waals surface area contributed by atoms with Gasteiger partial charge >= 0.3 is 0 Å². The number of carbonyl (C=O) groups excluding carboxylic acids is 1. The summed E-state index contributed by atoms with van der Waals surface area (Å²) in [6.45, 7) is 4.72. The van der Waals surface area contributed by atoms with Gasteiger partial charge in [0, 0.05) is 32.7 Å². The zero-order valence-electron chi connectivity index (χ0n) is 13.7. The van der Waals surface area contributed by atoms with Crippen molar-refractivity contribution in [3.8, 4) is 0 Å². The second-order valence-corrected chi connectivity index (χ2v) is 7.29. The van der Waals surface area contributed by atoms with Gasteiger partial charge in [0.1, 0.15) is 0 Å². The van der Waals surface area contributed by atoms with Gasteiger partial charge in [-0.3, -0.25) is 9.69 Å². The predicted molar refractivity (Wildman–Crippen MR) is 99.9 cm³/mol. The van der Waals surface area contributed by atoms with E-state index in [-0.39, 0.29) is 11.9 Å². The number of nitrogens with one attached hydrogen (secondary N) is 1. The van der Waals surface area contributed by atoms with Gasteiger partial charge in [0.05, 0.1) is 16.6 Å². The predicted octanol–water partition coefficient (Wildman–Crippen LogP) is 3.12. The van der Waals surface area contributed by atoms with Crippen molar-refractivity contribution in [2.45, 2.75) is 6.04 Å². The fraction of sp³-hybridized carbons (Fsp3) is 0.389. The first-order valence-electron chi connectivity index (χ1n) is 8.12. The average molecular weight is 364 g/mol. The summed E-state index contributed by atoms with van der Waals surface area (Å²) in [6.07, 6.45) is 0. The summed E-state index contributed by atoms with van der Waals surface area (Å²) in [5, 5.41) is 7.81. The standard InChI is InChI=1S/C18H22ClN3OS/c1-21-7-9-22(10-8-21)17(14-6-11-24-13-14)12-20-18(23)15-4-2-3-5-16(15)19/h2-6,11,13,17H,7-10,12H2,1H3,(H,20,23). The van der Waals surface area contributed by atoms with E-state index in [4.69, 9.17) is 11.6 Å². The fourth-order valence-electron chi connectivity index (χ4n) is 2.99. The molecule has 2 heterocycles. The smallest absolute Gasteiger partial charge is 0.252 e. The Labute approximate surface area is 152 Å². The third-order valence-electron chi connectivity index (χ3n) is 4.48. The molecule has 0 radical (unpaired) electrons. The second-order valence-electron chi connectivity index (χ2n) is 6.10. The molecule has 1 saturated heterocycles. The highest BCUT2D eigenvalue weighted by atomic mass is 35.5. The maximum atomic E-state index is 12.5. The van der Waals surface area contributed by atoms with Crippen LogP contribution in [-0.4, -0.2) is 55.5 Å². The number of rotatable bonds is 5. The van der Waals surface area contributed by atoms with Gasteiger partial charge in [-0.05, 0) is 41.6 Å². The van der Waals surface area contributed by atoms with Crippen molar-refractivity contribution in [2.24, 2.45) is 0 Å². The molecule has 0 bridgehead atoms. The van der Waals surface area contributed by atoms with Crippen LogP contribution >= 0.6 is 22.9 Å². The van der Waals surface area contributed by atoms with Crippen LogP contribution in [-0.2, 0) is 0 Å². The largest absolute Gasteiger partial charge is 0.350 e. The molecular weight excluding hydrogens is 342 g/mol. The number of piperazine rings is 1. The Morgan fingerprint density at radius 1 is 1.25 bits per heavy atom. The van der Waals surface area contributed by atoms with Crippen LogP contribution < -0.4 is 5.32 Å². The molecule has 6 heteroatoms. The van der Waals surface area contributed by atoms with Crippen LogP contribution in [0.1, 0.15) is 22.0 Å². The zero-order chi connectivity index (χ0) is 16.9. The van der Waals surface area contributed by atoms with Crippen LogP contribution in [0.3, 0.4) is 0 Å². The van der Waals surface area contributed by atoms with Gasteiger partial charge in [-0.2, -0.15) is 11.3 Å². The number of carbonyl (C=O) groups is 1. The fourth-order valence-corrected chi connectivity index (χ4v) is 3.91. The number of thiophene rings is 1. The first-order chi connectivity index (χ1) is 11.6. The molecule has 1 aromatic heterocycles. The Bertz CT molecular complexity index is 669. The summed E-state index contributed by atoms with van der Waals surface area (Å²) in [6, 6.07) is 9.52. The van der Waals surface area contributed by atoms with E-state index in [1.54, 1.807) is 23.5 Å². The van der Waals surface area contributed by atoms with Gasteiger partial charge in [-0.15, -0.1) is 0 Å². The van der Waals surface area contributed by atoms with E-state index >= 15 is 0 Å². The zero-order valence-corrected chi connectivity index (χ0v) is 15.3. The van der Waals surface area contributed by atoms with E-state index in [0.717, 1.165) is 26.2 Å². The third-order valence-corrected chi connectivity index (χ3v) is 5.51. The Kier molecular flexibility index (Phi) is 5.89. The lowest BCUT2D eigenvalue weighted by atomic mass is 10.1. The Hall–Kier alpha value is -1.40. The number of amides is 1. The van der Waals surface area contributed by atoms with Crippen molar-refractivity contribution < 1.29 is 4.79 Å². The number of benzene rings is 1. The van der Waals surface area contributed by atoms with Crippen LogP contribution in [0.2, 0.25) is 5.02 Å². The lowest BCUT2D eigenvalue weighted by molar-refractivity contribution is 0.0887. The maximum Gasteiger partial charge on any atom is 0.252 e. The molecule has 1 aromatic carbocycles.